The minimum absolute atomic E-state index is 0.789. The molecule has 0 amide bonds. The van der Waals surface area contributed by atoms with E-state index >= 15 is 0 Å². The SMILES string of the molecule is Brc1cccn2nc(CN3CCOCC3)nc12. The number of halogens is 1. The zero-order chi connectivity index (χ0) is 11.7. The quantitative estimate of drug-likeness (QED) is 0.838. The summed E-state index contributed by atoms with van der Waals surface area (Å²) in [7, 11) is 0. The smallest absolute Gasteiger partial charge is 0.169 e. The Hall–Kier alpha value is -0.980. The van der Waals surface area contributed by atoms with E-state index in [1.54, 1.807) is 4.52 Å². The largest absolute Gasteiger partial charge is 0.379 e. The van der Waals surface area contributed by atoms with Gasteiger partial charge in [0.2, 0.25) is 0 Å². The molecule has 0 saturated carbocycles. The van der Waals surface area contributed by atoms with Crippen molar-refractivity contribution in [2.45, 2.75) is 6.54 Å². The fourth-order valence-electron chi connectivity index (χ4n) is 1.94. The van der Waals surface area contributed by atoms with Crippen molar-refractivity contribution in [3.63, 3.8) is 0 Å². The van der Waals surface area contributed by atoms with E-state index in [9.17, 15) is 0 Å². The van der Waals surface area contributed by atoms with Gasteiger partial charge in [0.25, 0.3) is 0 Å². The Labute approximate surface area is 108 Å². The number of rotatable bonds is 2. The first-order chi connectivity index (χ1) is 8.33. The van der Waals surface area contributed by atoms with Crippen LogP contribution in [0.3, 0.4) is 0 Å². The summed E-state index contributed by atoms with van der Waals surface area (Å²) in [5, 5.41) is 4.46. The van der Waals surface area contributed by atoms with Crippen LogP contribution in [0.5, 0.6) is 0 Å². The molecule has 17 heavy (non-hydrogen) atoms. The molecule has 0 aliphatic carbocycles. The standard InChI is InChI=1S/C11H13BrN4O/c12-9-2-1-3-16-11(9)13-10(14-16)8-15-4-6-17-7-5-15/h1-3H,4-8H2. The maximum atomic E-state index is 5.32. The second-order valence-corrected chi connectivity index (χ2v) is 4.90. The van der Waals surface area contributed by atoms with Crippen molar-refractivity contribution in [1.29, 1.82) is 0 Å². The second-order valence-electron chi connectivity index (χ2n) is 4.04. The minimum atomic E-state index is 0.789. The number of fused-ring (bicyclic) bond motifs is 1. The number of morpholine rings is 1. The molecule has 3 heterocycles. The zero-order valence-electron chi connectivity index (χ0n) is 9.34. The molecule has 1 aliphatic rings. The van der Waals surface area contributed by atoms with Crippen LogP contribution in [0.25, 0.3) is 5.65 Å². The highest BCUT2D eigenvalue weighted by Gasteiger charge is 2.14. The van der Waals surface area contributed by atoms with Gasteiger partial charge >= 0.3 is 0 Å². The van der Waals surface area contributed by atoms with E-state index in [1.165, 1.54) is 0 Å². The molecule has 0 atom stereocenters. The van der Waals surface area contributed by atoms with Crippen LogP contribution in [0.2, 0.25) is 0 Å². The number of hydrogen-bond donors (Lipinski definition) is 0. The highest BCUT2D eigenvalue weighted by atomic mass is 79.9. The van der Waals surface area contributed by atoms with E-state index in [2.05, 4.69) is 30.9 Å². The third kappa shape index (κ3) is 2.34. The molecule has 1 saturated heterocycles. The number of aromatic nitrogens is 3. The van der Waals surface area contributed by atoms with E-state index in [4.69, 9.17) is 4.74 Å². The van der Waals surface area contributed by atoms with Gasteiger partial charge in [-0.3, -0.25) is 4.90 Å². The second kappa shape index (κ2) is 4.72. The van der Waals surface area contributed by atoms with Crippen molar-refractivity contribution in [3.8, 4) is 0 Å². The molecule has 6 heteroatoms. The Bertz CT molecular complexity index is 521. The summed E-state index contributed by atoms with van der Waals surface area (Å²) in [6, 6.07) is 3.92. The monoisotopic (exact) mass is 296 g/mol. The molecule has 0 radical (unpaired) electrons. The topological polar surface area (TPSA) is 42.7 Å². The molecule has 0 bridgehead atoms. The summed E-state index contributed by atoms with van der Waals surface area (Å²) in [5.74, 6) is 0.860. The lowest BCUT2D eigenvalue weighted by Crippen LogP contribution is -2.35. The van der Waals surface area contributed by atoms with Crippen molar-refractivity contribution in [2.24, 2.45) is 0 Å². The lowest BCUT2D eigenvalue weighted by atomic mass is 10.4. The first-order valence-corrected chi connectivity index (χ1v) is 6.42. The van der Waals surface area contributed by atoms with Crippen LogP contribution in [-0.4, -0.2) is 45.8 Å². The van der Waals surface area contributed by atoms with Crippen LogP contribution in [0, 0.1) is 0 Å². The van der Waals surface area contributed by atoms with Crippen molar-refractivity contribution >= 4 is 21.6 Å². The van der Waals surface area contributed by atoms with Gasteiger partial charge < -0.3 is 4.74 Å². The number of hydrogen-bond acceptors (Lipinski definition) is 4. The molecule has 1 fully saturated rings. The van der Waals surface area contributed by atoms with Crippen molar-refractivity contribution in [2.75, 3.05) is 26.3 Å². The van der Waals surface area contributed by atoms with E-state index < -0.39 is 0 Å². The van der Waals surface area contributed by atoms with Gasteiger partial charge in [-0.25, -0.2) is 9.50 Å². The van der Waals surface area contributed by atoms with Gasteiger partial charge in [-0.1, -0.05) is 0 Å². The molecule has 90 valence electrons. The predicted molar refractivity (Wildman–Crippen MR) is 66.8 cm³/mol. The summed E-state index contributed by atoms with van der Waals surface area (Å²) in [6.45, 7) is 4.30. The molecule has 0 spiro atoms. The molecule has 0 N–H and O–H groups in total. The Morgan fingerprint density at radius 3 is 2.94 bits per heavy atom. The summed E-state index contributed by atoms with van der Waals surface area (Å²) in [5.41, 5.74) is 0.871. The van der Waals surface area contributed by atoms with Crippen molar-refractivity contribution in [1.82, 2.24) is 19.5 Å². The molecule has 1 aliphatic heterocycles. The Morgan fingerprint density at radius 1 is 1.35 bits per heavy atom. The van der Waals surface area contributed by atoms with Crippen molar-refractivity contribution in [3.05, 3.63) is 28.6 Å². The Morgan fingerprint density at radius 2 is 2.18 bits per heavy atom. The predicted octanol–water partition coefficient (Wildman–Crippen LogP) is 1.32. The van der Waals surface area contributed by atoms with Crippen LogP contribution in [-0.2, 0) is 11.3 Å². The maximum Gasteiger partial charge on any atom is 0.169 e. The van der Waals surface area contributed by atoms with Crippen molar-refractivity contribution < 1.29 is 4.74 Å². The van der Waals surface area contributed by atoms with Gasteiger partial charge in [-0.15, -0.1) is 5.10 Å². The van der Waals surface area contributed by atoms with E-state index in [0.29, 0.717) is 0 Å². The maximum absolute atomic E-state index is 5.32. The molecule has 5 nitrogen and oxygen atoms in total. The fourth-order valence-corrected chi connectivity index (χ4v) is 2.37. The van der Waals surface area contributed by atoms with Gasteiger partial charge in [-0.05, 0) is 28.1 Å². The average molecular weight is 297 g/mol. The molecular weight excluding hydrogens is 284 g/mol. The lowest BCUT2D eigenvalue weighted by Gasteiger charge is -2.25. The van der Waals surface area contributed by atoms with Crippen LogP contribution in [0.1, 0.15) is 5.82 Å². The van der Waals surface area contributed by atoms with Gasteiger partial charge in [0.1, 0.15) is 0 Å². The summed E-state index contributed by atoms with van der Waals surface area (Å²) in [4.78, 5) is 6.84. The summed E-state index contributed by atoms with van der Waals surface area (Å²) in [6.07, 6.45) is 1.91. The molecule has 0 aromatic carbocycles. The van der Waals surface area contributed by atoms with Crippen LogP contribution < -0.4 is 0 Å². The fraction of sp³-hybridized carbons (Fsp3) is 0.455. The molecular formula is C11H13BrN4O. The number of nitrogens with zero attached hydrogens (tertiary/aromatic N) is 4. The minimum Gasteiger partial charge on any atom is -0.379 e. The third-order valence-electron chi connectivity index (χ3n) is 2.83. The van der Waals surface area contributed by atoms with Crippen LogP contribution in [0.4, 0.5) is 0 Å². The van der Waals surface area contributed by atoms with E-state index in [-0.39, 0.29) is 0 Å². The molecule has 2 aromatic rings. The summed E-state index contributed by atoms with van der Waals surface area (Å²) < 4.78 is 8.10. The van der Waals surface area contributed by atoms with Crippen LogP contribution >= 0.6 is 15.9 Å². The zero-order valence-corrected chi connectivity index (χ0v) is 10.9. The highest BCUT2D eigenvalue weighted by molar-refractivity contribution is 9.10. The van der Waals surface area contributed by atoms with Gasteiger partial charge in [0, 0.05) is 19.3 Å². The first-order valence-electron chi connectivity index (χ1n) is 5.63. The Kier molecular flexibility index (Phi) is 3.09. The number of ether oxygens (including phenoxy) is 1. The van der Waals surface area contributed by atoms with Gasteiger partial charge in [-0.2, -0.15) is 0 Å². The average Bonchev–Trinajstić information content (AvgIpc) is 2.74. The van der Waals surface area contributed by atoms with E-state index in [1.807, 2.05) is 18.3 Å². The molecule has 0 unspecified atom stereocenters. The normalized spacial score (nSPS) is 17.7. The number of pyridine rings is 1. The third-order valence-corrected chi connectivity index (χ3v) is 3.45. The van der Waals surface area contributed by atoms with E-state index in [0.717, 1.165) is 48.8 Å². The van der Waals surface area contributed by atoms with Gasteiger partial charge in [0.15, 0.2) is 11.5 Å². The first kappa shape index (κ1) is 11.1. The highest BCUT2D eigenvalue weighted by Crippen LogP contribution is 2.15. The molecule has 2 aromatic heterocycles. The lowest BCUT2D eigenvalue weighted by molar-refractivity contribution is 0.0331. The summed E-state index contributed by atoms with van der Waals surface area (Å²) >= 11 is 3.48. The van der Waals surface area contributed by atoms with Crippen LogP contribution in [0.15, 0.2) is 22.8 Å². The molecule has 3 rings (SSSR count). The Balaban J connectivity index is 1.83. The van der Waals surface area contributed by atoms with Gasteiger partial charge in [0.05, 0.1) is 24.2 Å².